The van der Waals surface area contributed by atoms with Crippen molar-refractivity contribution in [3.8, 4) is 0 Å². The molecule has 1 aliphatic rings. The first-order valence-corrected chi connectivity index (χ1v) is 15.0. The molecule has 0 saturated carbocycles. The first-order valence-electron chi connectivity index (χ1n) is 13.7. The fraction of sp³-hybridized carbons (Fsp3) is 0.281. The molecule has 0 radical (unpaired) electrons. The summed E-state index contributed by atoms with van der Waals surface area (Å²) in [5, 5.41) is -1.68. The van der Waals surface area contributed by atoms with E-state index in [9.17, 15) is 52.7 Å². The Morgan fingerprint density at radius 3 is 1.42 bits per heavy atom. The van der Waals surface area contributed by atoms with Crippen LogP contribution >= 0.6 is 7.92 Å². The maximum atomic E-state index is 13.7. The molecule has 2 nitrogen and oxygen atoms in total. The largest absolute Gasteiger partial charge is 2.00 e. The smallest absolute Gasteiger partial charge is 0.486 e. The Kier molecular flexibility index (Phi) is 12.0. The Labute approximate surface area is 278 Å². The fourth-order valence-corrected chi connectivity index (χ4v) is 7.12. The van der Waals surface area contributed by atoms with Crippen molar-refractivity contribution in [2.24, 2.45) is 10.9 Å². The summed E-state index contributed by atoms with van der Waals surface area (Å²) in [5.41, 5.74) is -7.06. The number of nitrogens with zero attached hydrogens (tertiary/aromatic N) is 1. The first-order chi connectivity index (χ1) is 21.7. The van der Waals surface area contributed by atoms with Gasteiger partial charge in [-0.3, -0.25) is 4.99 Å². The molecule has 1 aliphatic heterocycles. The molecule has 0 N–H and O–H groups in total. The fourth-order valence-electron chi connectivity index (χ4n) is 4.55. The van der Waals surface area contributed by atoms with Crippen molar-refractivity contribution in [1.82, 2.24) is 0 Å². The van der Waals surface area contributed by atoms with Gasteiger partial charge in [-0.15, -0.1) is 10.9 Å². The maximum Gasteiger partial charge on any atom is 2.00 e. The Balaban J connectivity index is 0.000000952. The molecular formula is C32H24F12FeNOP. The van der Waals surface area contributed by atoms with Crippen LogP contribution in [0.3, 0.4) is 0 Å². The van der Waals surface area contributed by atoms with Crippen LogP contribution < -0.4 is 15.9 Å². The molecule has 16 heteroatoms. The van der Waals surface area contributed by atoms with Crippen molar-refractivity contribution in [2.75, 3.05) is 6.61 Å². The minimum Gasteiger partial charge on any atom is -0.486 e. The standard InChI is InChI=1S/C27H19F12NOP.C5H5.Fe/c1-13(2)21-12-41-23(40-21)20-4-3-5-22(20)42(18-8-14(24(28,29)30)6-15(9-18)25(31,32)33)19-10-16(26(34,35)36)7-17(11-19)27(37,38)39;1-2-4-5-3-1;/h3-11,13,21H,12H2,1-2H3;1-5H;/q2*-1;+2/t21-;;/m1../s1. The van der Waals surface area contributed by atoms with Crippen molar-refractivity contribution in [1.29, 1.82) is 0 Å². The number of hydrogen-bond donors (Lipinski definition) is 0. The van der Waals surface area contributed by atoms with E-state index in [2.05, 4.69) is 4.99 Å². The number of ether oxygens (including phenoxy) is 1. The van der Waals surface area contributed by atoms with E-state index in [0.717, 1.165) is 0 Å². The van der Waals surface area contributed by atoms with Gasteiger partial charge >= 0.3 is 41.8 Å². The van der Waals surface area contributed by atoms with Gasteiger partial charge in [-0.2, -0.15) is 83.0 Å². The summed E-state index contributed by atoms with van der Waals surface area (Å²) in [6, 6.07) is 14.3. The molecule has 1 heterocycles. The van der Waals surface area contributed by atoms with Crippen molar-refractivity contribution in [3.05, 3.63) is 113 Å². The SMILES string of the molecule is CC(C)[C@H]1COC(c2cc[cH-]c2P(c2cc(C(F)(F)F)cc(C(F)(F)F)c2)c2cc(C(F)(F)F)cc(C(F)(F)F)c2)=N1.[Fe+2].c1cc[cH-]c1. The van der Waals surface area contributed by atoms with E-state index >= 15 is 0 Å². The second-order valence-corrected chi connectivity index (χ2v) is 12.9. The summed E-state index contributed by atoms with van der Waals surface area (Å²) in [6.07, 6.45) is -21.3. The van der Waals surface area contributed by atoms with Gasteiger partial charge in [0.2, 0.25) is 0 Å². The number of alkyl halides is 12. The van der Waals surface area contributed by atoms with Crippen molar-refractivity contribution < 1.29 is 74.5 Å². The van der Waals surface area contributed by atoms with Crippen molar-refractivity contribution in [2.45, 2.75) is 44.6 Å². The molecule has 5 rings (SSSR count). The topological polar surface area (TPSA) is 21.6 Å². The van der Waals surface area contributed by atoms with Gasteiger partial charge in [0.05, 0.1) is 28.3 Å². The number of benzene rings is 2. The molecule has 4 aromatic rings. The van der Waals surface area contributed by atoms with Gasteiger partial charge in [-0.05, 0) is 60.8 Å². The average molecular weight is 753 g/mol. The van der Waals surface area contributed by atoms with Crippen LogP contribution in [0.25, 0.3) is 0 Å². The van der Waals surface area contributed by atoms with Gasteiger partial charge in [-0.25, -0.2) is 18.2 Å². The van der Waals surface area contributed by atoms with E-state index in [1.54, 1.807) is 0 Å². The first kappa shape index (κ1) is 39.2. The third kappa shape index (κ3) is 9.45. The molecule has 0 amide bonds. The van der Waals surface area contributed by atoms with Crippen LogP contribution in [0.5, 0.6) is 0 Å². The van der Waals surface area contributed by atoms with E-state index in [0.29, 0.717) is 24.3 Å². The number of hydrogen-bond acceptors (Lipinski definition) is 2. The quantitative estimate of drug-likeness (QED) is 0.0862. The van der Waals surface area contributed by atoms with Crippen LogP contribution in [0.1, 0.15) is 41.7 Å². The molecular weight excluding hydrogens is 729 g/mol. The predicted octanol–water partition coefficient (Wildman–Crippen LogP) is 9.44. The molecule has 260 valence electrons. The van der Waals surface area contributed by atoms with Crippen LogP contribution in [0, 0.1) is 5.92 Å². The molecule has 4 aromatic carbocycles. The average Bonchev–Trinajstić information content (AvgIpc) is 3.75. The summed E-state index contributed by atoms with van der Waals surface area (Å²) in [5.74, 6) is -0.120. The zero-order valence-corrected chi connectivity index (χ0v) is 26.6. The summed E-state index contributed by atoms with van der Waals surface area (Å²) in [7, 11) is -2.89. The second kappa shape index (κ2) is 14.7. The van der Waals surface area contributed by atoms with E-state index in [-0.39, 0.29) is 64.5 Å². The Bertz CT molecular complexity index is 1530. The summed E-state index contributed by atoms with van der Waals surface area (Å²) >= 11 is 0. The molecule has 0 spiro atoms. The monoisotopic (exact) mass is 753 g/mol. The Morgan fingerprint density at radius 2 is 1.10 bits per heavy atom. The number of rotatable bonds is 5. The third-order valence-corrected chi connectivity index (χ3v) is 9.35. The zero-order chi connectivity index (χ0) is 34.9. The van der Waals surface area contributed by atoms with Gasteiger partial charge in [0.1, 0.15) is 12.5 Å². The molecule has 1 atom stereocenters. The summed E-state index contributed by atoms with van der Waals surface area (Å²) < 4.78 is 170. The van der Waals surface area contributed by atoms with Crippen LogP contribution in [0.2, 0.25) is 0 Å². The second-order valence-electron chi connectivity index (χ2n) is 10.7. The van der Waals surface area contributed by atoms with Gasteiger partial charge < -0.3 is 4.74 Å². The van der Waals surface area contributed by atoms with Crippen molar-refractivity contribution in [3.63, 3.8) is 0 Å². The van der Waals surface area contributed by atoms with Crippen LogP contribution in [-0.2, 0) is 46.5 Å². The molecule has 0 saturated heterocycles. The van der Waals surface area contributed by atoms with E-state index < -0.39 is 65.5 Å². The number of halogens is 12. The normalized spacial score (nSPS) is 15.5. The van der Waals surface area contributed by atoms with E-state index in [1.165, 1.54) is 18.2 Å². The molecule has 0 bridgehead atoms. The summed E-state index contributed by atoms with van der Waals surface area (Å²) in [4.78, 5) is 4.37. The van der Waals surface area contributed by atoms with Gasteiger partial charge in [0.15, 0.2) is 0 Å². The van der Waals surface area contributed by atoms with Crippen LogP contribution in [0.15, 0.2) is 89.9 Å². The van der Waals surface area contributed by atoms with Gasteiger partial charge in [0.25, 0.3) is 0 Å². The molecule has 0 unspecified atom stereocenters. The minimum atomic E-state index is -5.32. The predicted molar refractivity (Wildman–Crippen MR) is 154 cm³/mol. The van der Waals surface area contributed by atoms with Crippen LogP contribution in [-0.4, -0.2) is 18.5 Å². The number of aliphatic imine (C=N–C) groups is 1. The van der Waals surface area contributed by atoms with E-state index in [1.807, 2.05) is 44.2 Å². The third-order valence-electron chi connectivity index (χ3n) is 6.92. The summed E-state index contributed by atoms with van der Waals surface area (Å²) in [6.45, 7) is 3.68. The zero-order valence-electron chi connectivity index (χ0n) is 24.6. The van der Waals surface area contributed by atoms with Gasteiger partial charge in [0, 0.05) is 0 Å². The van der Waals surface area contributed by atoms with Crippen molar-refractivity contribution >= 4 is 29.7 Å². The van der Waals surface area contributed by atoms with E-state index in [4.69, 9.17) is 4.74 Å². The molecule has 0 aliphatic carbocycles. The maximum absolute atomic E-state index is 13.7. The van der Waals surface area contributed by atoms with Gasteiger partial charge in [-0.1, -0.05) is 13.8 Å². The molecule has 0 fully saturated rings. The molecule has 48 heavy (non-hydrogen) atoms. The Morgan fingerprint density at radius 1 is 0.688 bits per heavy atom. The Hall–Kier alpha value is -3.28. The molecule has 0 aromatic heterocycles. The van der Waals surface area contributed by atoms with Crippen LogP contribution in [0.4, 0.5) is 52.7 Å². The minimum absolute atomic E-state index is 0.